The number of carbonyl (C=O) groups excluding carboxylic acids is 1. The SMILES string of the molecule is CC(=O)C(O[Si](C)(C)C(C)(C)C)[C@H]1O[C@@H](n2cc(C)c(=O)[nH]c2=O)C[C@@H]1O. The van der Waals surface area contributed by atoms with Crippen molar-refractivity contribution >= 4 is 14.1 Å². The van der Waals surface area contributed by atoms with Crippen LogP contribution in [0.1, 0.15) is 45.9 Å². The highest BCUT2D eigenvalue weighted by atomic mass is 28.4. The number of aliphatic hydroxyl groups excluding tert-OH is 1. The van der Waals surface area contributed by atoms with E-state index in [1.165, 1.54) is 17.7 Å². The number of aromatic amines is 1. The lowest BCUT2D eigenvalue weighted by atomic mass is 10.1. The molecule has 0 amide bonds. The van der Waals surface area contributed by atoms with Crippen LogP contribution in [0.3, 0.4) is 0 Å². The van der Waals surface area contributed by atoms with Crippen molar-refractivity contribution < 1.29 is 19.1 Å². The number of nitrogens with one attached hydrogen (secondary N) is 1. The van der Waals surface area contributed by atoms with E-state index in [4.69, 9.17) is 9.16 Å². The van der Waals surface area contributed by atoms with Gasteiger partial charge in [0.2, 0.25) is 0 Å². The van der Waals surface area contributed by atoms with Gasteiger partial charge in [-0.2, -0.15) is 0 Å². The van der Waals surface area contributed by atoms with Gasteiger partial charge in [-0.1, -0.05) is 20.8 Å². The predicted molar refractivity (Wildman–Crippen MR) is 103 cm³/mol. The van der Waals surface area contributed by atoms with Gasteiger partial charge in [0.05, 0.1) is 6.10 Å². The number of aromatic nitrogens is 2. The van der Waals surface area contributed by atoms with Gasteiger partial charge in [-0.25, -0.2) is 4.79 Å². The molecule has 9 heteroatoms. The first-order valence-corrected chi connectivity index (χ1v) is 12.0. The Labute approximate surface area is 159 Å². The standard InChI is InChI=1S/C18H30N2O6Si/c1-10-9-20(17(24)19-16(10)23)13-8-12(22)15(25-13)14(11(2)21)26-27(6,7)18(3,4)5/h9,12-15,22H,8H2,1-7H3,(H,19,23,24)/t12-,13+,14?,15-/m0/s1. The second kappa shape index (κ2) is 7.46. The Kier molecular flexibility index (Phi) is 6.01. The fourth-order valence-corrected chi connectivity index (χ4v) is 4.08. The van der Waals surface area contributed by atoms with Crippen LogP contribution >= 0.6 is 0 Å². The van der Waals surface area contributed by atoms with E-state index in [0.29, 0.717) is 5.56 Å². The van der Waals surface area contributed by atoms with E-state index in [-0.39, 0.29) is 17.2 Å². The lowest BCUT2D eigenvalue weighted by molar-refractivity contribution is -0.137. The van der Waals surface area contributed by atoms with Crippen LogP contribution in [0.25, 0.3) is 0 Å². The number of carbonyl (C=O) groups is 1. The van der Waals surface area contributed by atoms with Crippen LogP contribution in [0.5, 0.6) is 0 Å². The molecule has 1 fully saturated rings. The molecule has 8 nitrogen and oxygen atoms in total. The molecule has 2 rings (SSSR count). The monoisotopic (exact) mass is 398 g/mol. The fraction of sp³-hybridized carbons (Fsp3) is 0.722. The maximum atomic E-state index is 12.3. The Morgan fingerprint density at radius 1 is 1.41 bits per heavy atom. The maximum absolute atomic E-state index is 12.3. The van der Waals surface area contributed by atoms with Crippen molar-refractivity contribution in [2.45, 2.75) is 83.7 Å². The number of Topliss-reactive ketones (excluding diaryl/α,β-unsaturated/α-hetero) is 1. The molecular weight excluding hydrogens is 368 g/mol. The van der Waals surface area contributed by atoms with Gasteiger partial charge < -0.3 is 14.3 Å². The molecular formula is C18H30N2O6Si. The topological polar surface area (TPSA) is 111 Å². The van der Waals surface area contributed by atoms with Crippen LogP contribution in [-0.2, 0) is 14.0 Å². The third-order valence-corrected chi connectivity index (χ3v) is 9.98. The number of aliphatic hydroxyl groups is 1. The number of rotatable bonds is 5. The van der Waals surface area contributed by atoms with Gasteiger partial charge in [-0.3, -0.25) is 19.1 Å². The van der Waals surface area contributed by atoms with Gasteiger partial charge in [0.25, 0.3) is 5.56 Å². The second-order valence-corrected chi connectivity index (χ2v) is 13.5. The maximum Gasteiger partial charge on any atom is 0.330 e. The molecule has 0 radical (unpaired) electrons. The number of ketones is 1. The molecule has 1 unspecified atom stereocenters. The Hall–Kier alpha value is -1.55. The van der Waals surface area contributed by atoms with Crippen molar-refractivity contribution in [1.82, 2.24) is 9.55 Å². The second-order valence-electron chi connectivity index (χ2n) is 8.75. The third-order valence-electron chi connectivity index (χ3n) is 5.52. The van der Waals surface area contributed by atoms with Crippen LogP contribution in [0.4, 0.5) is 0 Å². The lowest BCUT2D eigenvalue weighted by Crippen LogP contribution is -2.51. The Morgan fingerprint density at radius 3 is 2.52 bits per heavy atom. The normalized spacial score (nSPS) is 24.8. The molecule has 152 valence electrons. The molecule has 4 atom stereocenters. The van der Waals surface area contributed by atoms with Gasteiger partial charge in [-0.05, 0) is 32.0 Å². The van der Waals surface area contributed by atoms with Crippen molar-refractivity contribution in [2.75, 3.05) is 0 Å². The lowest BCUT2D eigenvalue weighted by Gasteiger charge is -2.40. The first kappa shape index (κ1) is 21.7. The van der Waals surface area contributed by atoms with Crippen molar-refractivity contribution in [3.63, 3.8) is 0 Å². The van der Waals surface area contributed by atoms with Gasteiger partial charge >= 0.3 is 5.69 Å². The quantitative estimate of drug-likeness (QED) is 0.727. The predicted octanol–water partition coefficient (Wildman–Crippen LogP) is 1.47. The van der Waals surface area contributed by atoms with Crippen LogP contribution in [0.2, 0.25) is 18.1 Å². The van der Waals surface area contributed by atoms with Gasteiger partial charge in [0, 0.05) is 18.2 Å². The fourth-order valence-electron chi connectivity index (χ4n) is 2.80. The highest BCUT2D eigenvalue weighted by Gasteiger charge is 2.47. The molecule has 2 N–H and O–H groups in total. The minimum atomic E-state index is -2.28. The number of H-pyrrole nitrogens is 1. The van der Waals surface area contributed by atoms with Crippen LogP contribution < -0.4 is 11.2 Å². The Balaban J connectivity index is 2.30. The van der Waals surface area contributed by atoms with E-state index in [0.717, 1.165) is 0 Å². The summed E-state index contributed by atoms with van der Waals surface area (Å²) in [7, 11) is -2.28. The number of ether oxygens (including phenoxy) is 1. The van der Waals surface area contributed by atoms with Crippen molar-refractivity contribution in [2.24, 2.45) is 0 Å². The summed E-state index contributed by atoms with van der Waals surface area (Å²) in [6.45, 7) is 13.2. The summed E-state index contributed by atoms with van der Waals surface area (Å²) in [6, 6.07) is 0. The van der Waals surface area contributed by atoms with Crippen LogP contribution in [0.15, 0.2) is 15.8 Å². The zero-order chi connectivity index (χ0) is 20.7. The molecule has 1 aliphatic rings. The zero-order valence-electron chi connectivity index (χ0n) is 17.0. The Morgan fingerprint density at radius 2 is 2.00 bits per heavy atom. The first-order valence-electron chi connectivity index (χ1n) is 9.08. The summed E-state index contributed by atoms with van der Waals surface area (Å²) in [5, 5.41) is 10.4. The van der Waals surface area contributed by atoms with Crippen LogP contribution in [0, 0.1) is 6.92 Å². The molecule has 0 spiro atoms. The summed E-state index contributed by atoms with van der Waals surface area (Å²) >= 11 is 0. The summed E-state index contributed by atoms with van der Waals surface area (Å²) in [5.41, 5.74) is -0.723. The van der Waals surface area contributed by atoms with Crippen molar-refractivity contribution in [3.05, 3.63) is 32.6 Å². The highest BCUT2D eigenvalue weighted by molar-refractivity contribution is 6.74. The smallest absolute Gasteiger partial charge is 0.330 e. The molecule has 0 saturated carbocycles. The minimum Gasteiger partial charge on any atom is -0.404 e. The van der Waals surface area contributed by atoms with E-state index < -0.39 is 44.1 Å². The number of hydrogen-bond acceptors (Lipinski definition) is 6. The molecule has 0 aromatic carbocycles. The van der Waals surface area contributed by atoms with E-state index in [2.05, 4.69) is 25.8 Å². The van der Waals surface area contributed by atoms with E-state index in [9.17, 15) is 19.5 Å². The minimum absolute atomic E-state index is 0.114. The zero-order valence-corrected chi connectivity index (χ0v) is 18.0. The molecule has 0 bridgehead atoms. The van der Waals surface area contributed by atoms with Crippen molar-refractivity contribution in [1.29, 1.82) is 0 Å². The molecule has 2 heterocycles. The van der Waals surface area contributed by atoms with E-state index in [1.54, 1.807) is 6.92 Å². The number of aryl methyl sites for hydroxylation is 1. The summed E-state index contributed by atoms with van der Waals surface area (Å²) in [5.74, 6) is -0.227. The molecule has 0 aliphatic carbocycles. The first-order chi connectivity index (χ1) is 12.2. The van der Waals surface area contributed by atoms with E-state index >= 15 is 0 Å². The summed E-state index contributed by atoms with van der Waals surface area (Å²) in [6.07, 6.45) is -2.00. The molecule has 27 heavy (non-hydrogen) atoms. The van der Waals surface area contributed by atoms with Gasteiger partial charge in [0.15, 0.2) is 14.1 Å². The van der Waals surface area contributed by atoms with E-state index in [1.807, 2.05) is 13.1 Å². The molecule has 1 aromatic heterocycles. The average Bonchev–Trinajstić information content (AvgIpc) is 2.88. The summed E-state index contributed by atoms with van der Waals surface area (Å²) in [4.78, 5) is 38.2. The van der Waals surface area contributed by atoms with Gasteiger partial charge in [0.1, 0.15) is 18.4 Å². The number of nitrogens with zero attached hydrogens (tertiary/aromatic N) is 1. The number of hydrogen-bond donors (Lipinski definition) is 2. The average molecular weight is 399 g/mol. The Bertz CT molecular complexity index is 822. The van der Waals surface area contributed by atoms with Crippen molar-refractivity contribution in [3.8, 4) is 0 Å². The highest BCUT2D eigenvalue weighted by Crippen LogP contribution is 2.39. The largest absolute Gasteiger partial charge is 0.404 e. The molecule has 1 aliphatic heterocycles. The van der Waals surface area contributed by atoms with Gasteiger partial charge in [-0.15, -0.1) is 0 Å². The van der Waals surface area contributed by atoms with Crippen LogP contribution in [-0.4, -0.2) is 47.1 Å². The third kappa shape index (κ3) is 4.48. The summed E-state index contributed by atoms with van der Waals surface area (Å²) < 4.78 is 13.4. The molecule has 1 saturated heterocycles. The molecule has 1 aromatic rings.